The fourth-order valence-electron chi connectivity index (χ4n) is 11.0. The van der Waals surface area contributed by atoms with E-state index in [0.29, 0.717) is 64.0 Å². The van der Waals surface area contributed by atoms with Crippen molar-refractivity contribution >= 4 is 23.2 Å². The smallest absolute Gasteiger partial charge is 0.423 e. The van der Waals surface area contributed by atoms with Crippen LogP contribution < -0.4 is 5.76 Å². The number of aromatic amines is 1. The molecule has 0 bridgehead atoms. The van der Waals surface area contributed by atoms with E-state index in [0.717, 1.165) is 22.3 Å². The molecule has 10 rings (SSSR count). The number of hydrogen-bond acceptors (Lipinski definition) is 10. The number of halogens is 6. The molecular formula is C58H50Cl2F4N8O3. The van der Waals surface area contributed by atoms with Crippen molar-refractivity contribution in [3.8, 4) is 35.0 Å². The van der Waals surface area contributed by atoms with Crippen molar-refractivity contribution in [2.45, 2.75) is 63.0 Å². The standard InChI is InChI=1S/C29H25ClF2N4O2.C29H25ClF2N4O/c1-29(2,32)25(20-11-21(13-24(31)12-20)27-34-35-28(37)38-27)22-15-36(16-22)26(18-6-8-23(30)9-7-18)19-5-3-4-17(10-19)14-33;1-29(2,32)26(21-11-22(13-25(31)12-21)28-35-34-17-37-28)23-15-36(16-23)27(19-6-8-24(30)9-7-19)20-5-3-4-18(10-20)14-33/h3-13,22,25-26H,15-16H2,1-2H3,(H,35,37);3-13,17,23,26-27H,15-16H2,1-2H3/t25-,26+;26-,27+/m11/s1. The fraction of sp³-hybridized carbons (Fsp3) is 0.276. The molecule has 6 aromatic carbocycles. The zero-order valence-corrected chi connectivity index (χ0v) is 42.7. The SMILES string of the molecule is CC(C)(F)[C@H](c1cc(F)cc(-c2n[nH]c(=O)o2)c1)C1CN([C@@H](c2ccc(Cl)cc2)c2cccc(C#N)c2)C1.CC(C)(F)[C@H](c1cc(F)cc(-c2nnco2)c1)C1CN([C@@H](c2ccc(Cl)cc2)c2cccc(C#N)c2)C1. The highest BCUT2D eigenvalue weighted by Gasteiger charge is 2.47. The largest absolute Gasteiger partial charge is 0.434 e. The first-order valence-electron chi connectivity index (χ1n) is 24.2. The van der Waals surface area contributed by atoms with Gasteiger partial charge in [0.05, 0.1) is 35.3 Å². The Labute approximate surface area is 441 Å². The van der Waals surface area contributed by atoms with E-state index in [4.69, 9.17) is 32.0 Å². The molecule has 4 atom stereocenters. The van der Waals surface area contributed by atoms with E-state index in [9.17, 15) is 24.1 Å². The van der Waals surface area contributed by atoms with Crippen LogP contribution in [-0.4, -0.2) is 67.7 Å². The molecule has 2 saturated heterocycles. The Morgan fingerprint density at radius 2 is 1.05 bits per heavy atom. The second kappa shape index (κ2) is 21.8. The monoisotopic (exact) mass is 1050 g/mol. The number of nitrogens with one attached hydrogen (secondary N) is 1. The van der Waals surface area contributed by atoms with Crippen LogP contribution in [0.1, 0.15) is 96.1 Å². The van der Waals surface area contributed by atoms with Gasteiger partial charge in [0.2, 0.25) is 18.2 Å². The van der Waals surface area contributed by atoms with Gasteiger partial charge in [-0.3, -0.25) is 9.80 Å². The lowest BCUT2D eigenvalue weighted by Crippen LogP contribution is -2.53. The summed E-state index contributed by atoms with van der Waals surface area (Å²) in [5.74, 6) is -3.04. The van der Waals surface area contributed by atoms with E-state index in [1.54, 1.807) is 24.3 Å². The topological polar surface area (TPSA) is 152 Å². The Morgan fingerprint density at radius 3 is 1.43 bits per heavy atom. The van der Waals surface area contributed by atoms with Crippen molar-refractivity contribution in [2.75, 3.05) is 26.2 Å². The predicted octanol–water partition coefficient (Wildman–Crippen LogP) is 13.2. The number of likely N-dealkylation sites (tertiary alicyclic amines) is 2. The summed E-state index contributed by atoms with van der Waals surface area (Å²) in [5.41, 5.74) is 3.52. The van der Waals surface area contributed by atoms with E-state index >= 15 is 8.78 Å². The maximum atomic E-state index is 15.7. The average Bonchev–Trinajstić information content (AvgIpc) is 4.06. The lowest BCUT2D eigenvalue weighted by molar-refractivity contribution is 0.00798. The summed E-state index contributed by atoms with van der Waals surface area (Å²) in [5, 5.41) is 33.6. The van der Waals surface area contributed by atoms with Gasteiger partial charge in [-0.1, -0.05) is 71.7 Å². The van der Waals surface area contributed by atoms with E-state index in [2.05, 4.69) is 42.3 Å². The molecule has 0 aliphatic carbocycles. The molecule has 11 nitrogen and oxygen atoms in total. The van der Waals surface area contributed by atoms with Gasteiger partial charge < -0.3 is 8.83 Å². The van der Waals surface area contributed by atoms with Crippen molar-refractivity contribution in [1.29, 1.82) is 10.5 Å². The van der Waals surface area contributed by atoms with Crippen LogP contribution in [-0.2, 0) is 0 Å². The Kier molecular flexibility index (Phi) is 15.3. The molecule has 382 valence electrons. The Hall–Kier alpha value is -7.40. The van der Waals surface area contributed by atoms with Gasteiger partial charge in [0.15, 0.2) is 0 Å². The number of rotatable bonds is 14. The van der Waals surface area contributed by atoms with Gasteiger partial charge in [0, 0.05) is 59.2 Å². The zero-order valence-electron chi connectivity index (χ0n) is 41.2. The highest BCUT2D eigenvalue weighted by molar-refractivity contribution is 6.30. The van der Waals surface area contributed by atoms with Gasteiger partial charge in [-0.15, -0.1) is 15.3 Å². The van der Waals surface area contributed by atoms with E-state index in [-0.39, 0.29) is 41.3 Å². The molecule has 2 aromatic heterocycles. The van der Waals surface area contributed by atoms with E-state index in [1.165, 1.54) is 58.4 Å². The molecule has 0 unspecified atom stereocenters. The van der Waals surface area contributed by atoms with Gasteiger partial charge in [-0.2, -0.15) is 10.5 Å². The normalized spacial score (nSPS) is 16.1. The summed E-state index contributed by atoms with van der Waals surface area (Å²) >= 11 is 12.3. The third-order valence-corrected chi connectivity index (χ3v) is 14.4. The number of benzene rings is 6. The summed E-state index contributed by atoms with van der Waals surface area (Å²) in [7, 11) is 0. The predicted molar refractivity (Wildman–Crippen MR) is 277 cm³/mol. The number of H-pyrrole nitrogens is 1. The highest BCUT2D eigenvalue weighted by Crippen LogP contribution is 2.48. The summed E-state index contributed by atoms with van der Waals surface area (Å²) in [6.07, 6.45) is 1.18. The van der Waals surface area contributed by atoms with Gasteiger partial charge in [0.25, 0.3) is 0 Å². The number of hydrogen-bond donors (Lipinski definition) is 1. The first-order chi connectivity index (χ1) is 35.8. The minimum absolute atomic E-state index is 0.0541. The summed E-state index contributed by atoms with van der Waals surface area (Å²) in [6.45, 7) is 8.33. The molecule has 8 aromatic rings. The van der Waals surface area contributed by atoms with Gasteiger partial charge >= 0.3 is 5.76 Å². The van der Waals surface area contributed by atoms with Crippen molar-refractivity contribution < 1.29 is 26.4 Å². The van der Waals surface area contributed by atoms with Gasteiger partial charge in [0.1, 0.15) is 23.0 Å². The third-order valence-electron chi connectivity index (χ3n) is 13.9. The molecule has 0 radical (unpaired) electrons. The summed E-state index contributed by atoms with van der Waals surface area (Å²) in [6, 6.07) is 42.8. The Morgan fingerprint density at radius 1 is 0.613 bits per heavy atom. The second-order valence-corrected chi connectivity index (χ2v) is 21.0. The van der Waals surface area contributed by atoms with Crippen molar-refractivity contribution in [1.82, 2.24) is 30.2 Å². The Balaban J connectivity index is 0.000000184. The van der Waals surface area contributed by atoms with E-state index < -0.39 is 40.6 Å². The van der Waals surface area contributed by atoms with Crippen LogP contribution in [0.4, 0.5) is 17.6 Å². The lowest BCUT2D eigenvalue weighted by atomic mass is 9.72. The lowest BCUT2D eigenvalue weighted by Gasteiger charge is -2.50. The molecular weight excluding hydrogens is 1000 g/mol. The highest BCUT2D eigenvalue weighted by atomic mass is 35.5. The van der Waals surface area contributed by atoms with Gasteiger partial charge in [-0.05, 0) is 158 Å². The molecule has 0 amide bonds. The first kappa shape index (κ1) is 52.5. The summed E-state index contributed by atoms with van der Waals surface area (Å²) < 4.78 is 71.0. The first-order valence-corrected chi connectivity index (χ1v) is 24.9. The minimum Gasteiger partial charge on any atom is -0.423 e. The quantitative estimate of drug-likeness (QED) is 0.104. The number of alkyl halides is 2. The average molecular weight is 1050 g/mol. The molecule has 2 aliphatic rings. The van der Waals surface area contributed by atoms with Crippen LogP contribution in [0.25, 0.3) is 22.9 Å². The van der Waals surface area contributed by atoms with Crippen LogP contribution in [0.15, 0.2) is 153 Å². The van der Waals surface area contributed by atoms with E-state index in [1.807, 2.05) is 84.9 Å². The number of nitrogens with zero attached hydrogens (tertiary/aromatic N) is 7. The molecule has 75 heavy (non-hydrogen) atoms. The van der Waals surface area contributed by atoms with Crippen LogP contribution >= 0.6 is 23.2 Å². The van der Waals surface area contributed by atoms with Crippen molar-refractivity contribution in [2.24, 2.45) is 11.8 Å². The maximum Gasteiger partial charge on any atom is 0.434 e. The zero-order chi connectivity index (χ0) is 53.2. The maximum absolute atomic E-state index is 15.7. The molecule has 0 saturated carbocycles. The van der Waals surface area contributed by atoms with Crippen LogP contribution in [0.2, 0.25) is 10.0 Å². The van der Waals surface area contributed by atoms with Crippen LogP contribution in [0, 0.1) is 46.1 Å². The number of nitriles is 2. The van der Waals surface area contributed by atoms with Gasteiger partial charge in [-0.25, -0.2) is 27.5 Å². The van der Waals surface area contributed by atoms with Crippen LogP contribution in [0.5, 0.6) is 0 Å². The number of aromatic nitrogens is 4. The molecule has 0 spiro atoms. The summed E-state index contributed by atoms with van der Waals surface area (Å²) in [4.78, 5) is 15.9. The van der Waals surface area contributed by atoms with Crippen LogP contribution in [0.3, 0.4) is 0 Å². The molecule has 2 aliphatic heterocycles. The fourth-order valence-corrected chi connectivity index (χ4v) is 11.2. The van der Waals surface area contributed by atoms with Crippen molar-refractivity contribution in [3.63, 3.8) is 0 Å². The van der Waals surface area contributed by atoms with Crippen molar-refractivity contribution in [3.05, 3.63) is 217 Å². The molecule has 4 heterocycles. The molecule has 1 N–H and O–H groups in total. The molecule has 17 heteroatoms. The minimum atomic E-state index is -1.66. The Bertz CT molecular complexity index is 3420. The second-order valence-electron chi connectivity index (χ2n) is 20.1. The molecule has 2 fully saturated rings. The third kappa shape index (κ3) is 11.9.